The highest BCUT2D eigenvalue weighted by Crippen LogP contribution is 2.37. The van der Waals surface area contributed by atoms with E-state index < -0.39 is 5.97 Å². The first kappa shape index (κ1) is 13.7. The molecule has 3 aromatic rings. The number of carboxylic acid groups (broad SMARTS) is 1. The third-order valence-electron chi connectivity index (χ3n) is 3.02. The quantitative estimate of drug-likeness (QED) is 0.686. The molecule has 0 amide bonds. The molecule has 3 nitrogen and oxygen atoms in total. The molecular weight excluding hydrogens is 362 g/mol. The van der Waals surface area contributed by atoms with E-state index >= 15 is 0 Å². The van der Waals surface area contributed by atoms with E-state index in [2.05, 4.69) is 20.9 Å². The van der Waals surface area contributed by atoms with Crippen LogP contribution >= 0.6 is 38.9 Å². The van der Waals surface area contributed by atoms with E-state index in [9.17, 15) is 4.79 Å². The van der Waals surface area contributed by atoms with Crippen LogP contribution in [0.4, 0.5) is 0 Å². The highest BCUT2D eigenvalue weighted by Gasteiger charge is 2.17. The first-order valence-electron chi connectivity index (χ1n) is 5.82. The predicted octanol–water partition coefficient (Wildman–Crippen LogP) is 4.94. The number of thiophene rings is 1. The Morgan fingerprint density at radius 2 is 2.15 bits per heavy atom. The van der Waals surface area contributed by atoms with Crippen molar-refractivity contribution in [1.82, 2.24) is 4.98 Å². The summed E-state index contributed by atoms with van der Waals surface area (Å²) in [5.41, 5.74) is 2.54. The Balaban J connectivity index is 2.27. The Morgan fingerprint density at radius 3 is 2.80 bits per heavy atom. The minimum Gasteiger partial charge on any atom is -0.481 e. The SMILES string of the molecule is O=C(O)Cc1c(-c2ccc(Cl)s2)[nH]c2ccc(Br)cc12. The average molecular weight is 371 g/mol. The molecule has 20 heavy (non-hydrogen) atoms. The van der Waals surface area contributed by atoms with Crippen LogP contribution in [0.25, 0.3) is 21.5 Å². The first-order chi connectivity index (χ1) is 9.54. The number of carboxylic acids is 1. The van der Waals surface area contributed by atoms with Crippen LogP contribution in [0.3, 0.4) is 0 Å². The molecule has 0 saturated carbocycles. The number of hydrogen-bond donors (Lipinski definition) is 2. The Kier molecular flexibility index (Phi) is 3.58. The number of fused-ring (bicyclic) bond motifs is 1. The van der Waals surface area contributed by atoms with Crippen LogP contribution in [0.5, 0.6) is 0 Å². The van der Waals surface area contributed by atoms with Gasteiger partial charge in [-0.05, 0) is 35.9 Å². The molecule has 0 aliphatic carbocycles. The molecule has 2 aromatic heterocycles. The molecule has 0 fully saturated rings. The van der Waals surface area contributed by atoms with Crippen molar-refractivity contribution in [2.45, 2.75) is 6.42 Å². The van der Waals surface area contributed by atoms with Crippen molar-refractivity contribution < 1.29 is 9.90 Å². The summed E-state index contributed by atoms with van der Waals surface area (Å²) in [4.78, 5) is 15.4. The fraction of sp³-hybridized carbons (Fsp3) is 0.0714. The molecular formula is C14H9BrClNO2S. The minimum atomic E-state index is -0.852. The van der Waals surface area contributed by atoms with E-state index in [0.29, 0.717) is 4.34 Å². The number of aliphatic carboxylic acids is 1. The van der Waals surface area contributed by atoms with E-state index in [1.165, 1.54) is 11.3 Å². The van der Waals surface area contributed by atoms with Crippen LogP contribution in [-0.2, 0) is 11.2 Å². The first-order valence-corrected chi connectivity index (χ1v) is 7.81. The number of carbonyl (C=O) groups is 1. The largest absolute Gasteiger partial charge is 0.481 e. The van der Waals surface area contributed by atoms with Gasteiger partial charge in [-0.25, -0.2) is 0 Å². The van der Waals surface area contributed by atoms with Gasteiger partial charge in [-0.15, -0.1) is 11.3 Å². The second kappa shape index (κ2) is 5.24. The van der Waals surface area contributed by atoms with Crippen LogP contribution in [0.2, 0.25) is 4.34 Å². The van der Waals surface area contributed by atoms with Gasteiger partial charge in [0.05, 0.1) is 21.3 Å². The van der Waals surface area contributed by atoms with Gasteiger partial charge < -0.3 is 10.1 Å². The summed E-state index contributed by atoms with van der Waals surface area (Å²) in [5, 5.41) is 10.1. The summed E-state index contributed by atoms with van der Waals surface area (Å²) >= 11 is 10.8. The van der Waals surface area contributed by atoms with Crippen molar-refractivity contribution >= 4 is 55.7 Å². The standard InChI is InChI=1S/C14H9BrClNO2S/c15-7-1-2-10-8(5-7)9(6-13(18)19)14(17-10)11-3-4-12(16)20-11/h1-5,17H,6H2,(H,18,19). The molecule has 0 saturated heterocycles. The Bertz CT molecular complexity index is 809. The van der Waals surface area contributed by atoms with Crippen molar-refractivity contribution in [1.29, 1.82) is 0 Å². The lowest BCUT2D eigenvalue weighted by Crippen LogP contribution is -2.00. The summed E-state index contributed by atoms with van der Waals surface area (Å²) < 4.78 is 1.60. The minimum absolute atomic E-state index is 0.0265. The lowest BCUT2D eigenvalue weighted by molar-refractivity contribution is -0.136. The Morgan fingerprint density at radius 1 is 1.35 bits per heavy atom. The molecule has 0 radical (unpaired) electrons. The maximum absolute atomic E-state index is 11.1. The Labute approximate surface area is 132 Å². The zero-order valence-corrected chi connectivity index (χ0v) is 13.3. The lowest BCUT2D eigenvalue weighted by Gasteiger charge is -2.00. The molecule has 0 unspecified atom stereocenters. The maximum Gasteiger partial charge on any atom is 0.307 e. The van der Waals surface area contributed by atoms with Gasteiger partial charge in [-0.2, -0.15) is 0 Å². The number of aromatic amines is 1. The summed E-state index contributed by atoms with van der Waals surface area (Å²) in [6.07, 6.45) is -0.0265. The van der Waals surface area contributed by atoms with Crippen LogP contribution in [0.15, 0.2) is 34.8 Å². The van der Waals surface area contributed by atoms with E-state index in [1.54, 1.807) is 0 Å². The van der Waals surface area contributed by atoms with Crippen LogP contribution in [0.1, 0.15) is 5.56 Å². The molecule has 102 valence electrons. The third kappa shape index (κ3) is 2.49. The van der Waals surface area contributed by atoms with Crippen molar-refractivity contribution in [3.63, 3.8) is 0 Å². The van der Waals surface area contributed by atoms with Gasteiger partial charge in [0.25, 0.3) is 0 Å². The number of aromatic nitrogens is 1. The normalized spacial score (nSPS) is 11.1. The van der Waals surface area contributed by atoms with Crippen LogP contribution in [-0.4, -0.2) is 16.1 Å². The number of hydrogen-bond acceptors (Lipinski definition) is 2. The zero-order valence-electron chi connectivity index (χ0n) is 10.1. The zero-order chi connectivity index (χ0) is 14.3. The van der Waals surface area contributed by atoms with Crippen molar-refractivity contribution in [3.8, 4) is 10.6 Å². The monoisotopic (exact) mass is 369 g/mol. The topological polar surface area (TPSA) is 53.1 Å². The predicted molar refractivity (Wildman–Crippen MR) is 85.7 cm³/mol. The maximum atomic E-state index is 11.1. The summed E-state index contributed by atoms with van der Waals surface area (Å²) in [7, 11) is 0. The van der Waals surface area contributed by atoms with Crippen LogP contribution in [0, 0.1) is 0 Å². The molecule has 1 aromatic carbocycles. The lowest BCUT2D eigenvalue weighted by atomic mass is 10.1. The highest BCUT2D eigenvalue weighted by molar-refractivity contribution is 9.10. The van der Waals surface area contributed by atoms with Gasteiger partial charge >= 0.3 is 5.97 Å². The van der Waals surface area contributed by atoms with Gasteiger partial charge in [0.1, 0.15) is 0 Å². The summed E-state index contributed by atoms with van der Waals surface area (Å²) in [6.45, 7) is 0. The molecule has 2 N–H and O–H groups in total. The second-order valence-corrected chi connectivity index (χ2v) is 6.97. The number of benzene rings is 1. The molecule has 0 atom stereocenters. The van der Waals surface area contributed by atoms with Gasteiger partial charge in [0, 0.05) is 15.4 Å². The number of H-pyrrole nitrogens is 1. The van der Waals surface area contributed by atoms with Gasteiger partial charge in [-0.3, -0.25) is 4.79 Å². The molecule has 0 aliphatic rings. The second-order valence-electron chi connectivity index (χ2n) is 4.34. The molecule has 3 rings (SSSR count). The Hall–Kier alpha value is -1.30. The molecule has 0 spiro atoms. The summed E-state index contributed by atoms with van der Waals surface area (Å²) in [6, 6.07) is 9.51. The third-order valence-corrected chi connectivity index (χ3v) is 4.76. The summed E-state index contributed by atoms with van der Waals surface area (Å²) in [5.74, 6) is -0.852. The van der Waals surface area contributed by atoms with Gasteiger partial charge in [0.2, 0.25) is 0 Å². The fourth-order valence-corrected chi connectivity index (χ4v) is 3.65. The number of nitrogens with one attached hydrogen (secondary N) is 1. The van der Waals surface area contributed by atoms with E-state index in [-0.39, 0.29) is 6.42 Å². The highest BCUT2D eigenvalue weighted by atomic mass is 79.9. The van der Waals surface area contributed by atoms with Crippen molar-refractivity contribution in [3.05, 3.63) is 44.7 Å². The van der Waals surface area contributed by atoms with E-state index in [0.717, 1.165) is 31.5 Å². The molecule has 2 heterocycles. The number of halogens is 2. The van der Waals surface area contributed by atoms with E-state index in [4.69, 9.17) is 16.7 Å². The van der Waals surface area contributed by atoms with Crippen molar-refractivity contribution in [2.24, 2.45) is 0 Å². The van der Waals surface area contributed by atoms with Crippen molar-refractivity contribution in [2.75, 3.05) is 0 Å². The molecule has 0 bridgehead atoms. The molecule has 6 heteroatoms. The smallest absolute Gasteiger partial charge is 0.307 e. The van der Waals surface area contributed by atoms with Gasteiger partial charge in [0.15, 0.2) is 0 Å². The average Bonchev–Trinajstić information content (AvgIpc) is 2.94. The molecule has 0 aliphatic heterocycles. The van der Waals surface area contributed by atoms with Crippen LogP contribution < -0.4 is 0 Å². The fourth-order valence-electron chi connectivity index (χ4n) is 2.21. The number of rotatable bonds is 3. The van der Waals surface area contributed by atoms with E-state index in [1.807, 2.05) is 30.3 Å². The van der Waals surface area contributed by atoms with Gasteiger partial charge in [-0.1, -0.05) is 27.5 Å².